The van der Waals surface area contributed by atoms with Gasteiger partial charge in [0.15, 0.2) is 0 Å². The van der Waals surface area contributed by atoms with Crippen LogP contribution in [0, 0.1) is 12.3 Å². The van der Waals surface area contributed by atoms with Crippen molar-refractivity contribution in [1.29, 1.82) is 0 Å². The molecule has 1 spiro atoms. The zero-order valence-corrected chi connectivity index (χ0v) is 15.7. The number of hydrogen-bond acceptors (Lipinski definition) is 5. The van der Waals surface area contributed by atoms with E-state index < -0.39 is 0 Å². The van der Waals surface area contributed by atoms with Gasteiger partial charge < -0.3 is 10.0 Å². The van der Waals surface area contributed by atoms with Gasteiger partial charge in [0.25, 0.3) is 5.56 Å². The van der Waals surface area contributed by atoms with Gasteiger partial charge in [-0.05, 0) is 44.4 Å². The number of fused-ring (bicyclic) bond motifs is 1. The first-order chi connectivity index (χ1) is 13.0. The van der Waals surface area contributed by atoms with Crippen LogP contribution in [-0.2, 0) is 11.3 Å². The van der Waals surface area contributed by atoms with Crippen LogP contribution in [0.1, 0.15) is 30.5 Å². The van der Waals surface area contributed by atoms with Gasteiger partial charge in [-0.3, -0.25) is 18.9 Å². The first-order valence-corrected chi connectivity index (χ1v) is 9.62. The van der Waals surface area contributed by atoms with Crippen LogP contribution < -0.4 is 5.56 Å². The summed E-state index contributed by atoms with van der Waals surface area (Å²) in [6.45, 7) is 5.22. The average molecular weight is 370 g/mol. The van der Waals surface area contributed by atoms with Crippen molar-refractivity contribution >= 4 is 11.6 Å². The Morgan fingerprint density at radius 2 is 2.07 bits per heavy atom. The third-order valence-corrected chi connectivity index (χ3v) is 5.87. The van der Waals surface area contributed by atoms with Crippen molar-refractivity contribution in [3.63, 3.8) is 0 Å². The van der Waals surface area contributed by atoms with E-state index in [2.05, 4.69) is 9.88 Å². The van der Waals surface area contributed by atoms with E-state index in [0.717, 1.165) is 43.6 Å². The number of aromatic nitrogens is 2. The highest BCUT2D eigenvalue weighted by Crippen LogP contribution is 2.40. The molecule has 0 unspecified atom stereocenters. The second kappa shape index (κ2) is 7.05. The number of pyridine rings is 1. The smallest absolute Gasteiger partial charge is 0.258 e. The molecule has 7 nitrogen and oxygen atoms in total. The Morgan fingerprint density at radius 3 is 2.89 bits per heavy atom. The molecule has 1 atom stereocenters. The average Bonchev–Trinajstić information content (AvgIpc) is 3.04. The normalized spacial score (nSPS) is 23.6. The summed E-state index contributed by atoms with van der Waals surface area (Å²) in [4.78, 5) is 34.0. The van der Waals surface area contributed by atoms with Crippen LogP contribution in [0.5, 0.6) is 0 Å². The molecular weight excluding hydrogens is 344 g/mol. The van der Waals surface area contributed by atoms with Gasteiger partial charge in [0.05, 0.1) is 17.7 Å². The zero-order chi connectivity index (χ0) is 19.0. The third-order valence-electron chi connectivity index (χ3n) is 5.87. The molecule has 0 aromatic carbocycles. The van der Waals surface area contributed by atoms with Crippen LogP contribution in [0.3, 0.4) is 0 Å². The molecule has 7 heteroatoms. The number of β-amino-alcohol motifs (C(OH)–C–C–N with tert-alkyl or cyclic N) is 1. The molecule has 4 rings (SSSR count). The Labute approximate surface area is 158 Å². The number of aliphatic hydroxyl groups is 1. The molecule has 0 bridgehead atoms. The van der Waals surface area contributed by atoms with Gasteiger partial charge in [-0.25, -0.2) is 4.98 Å². The summed E-state index contributed by atoms with van der Waals surface area (Å²) in [5.41, 5.74) is 2.01. The highest BCUT2D eigenvalue weighted by Gasteiger charge is 2.48. The van der Waals surface area contributed by atoms with Crippen molar-refractivity contribution in [3.8, 4) is 0 Å². The number of likely N-dealkylation sites (tertiary alicyclic amines) is 2. The van der Waals surface area contributed by atoms with Gasteiger partial charge >= 0.3 is 0 Å². The quantitative estimate of drug-likeness (QED) is 0.862. The lowest BCUT2D eigenvalue weighted by molar-refractivity contribution is -0.146. The highest BCUT2D eigenvalue weighted by atomic mass is 16.3. The van der Waals surface area contributed by atoms with Gasteiger partial charge in [0, 0.05) is 38.4 Å². The van der Waals surface area contributed by atoms with Gasteiger partial charge in [-0.1, -0.05) is 6.07 Å². The summed E-state index contributed by atoms with van der Waals surface area (Å²) in [5.74, 6) is 0.173. The van der Waals surface area contributed by atoms with E-state index >= 15 is 0 Å². The summed E-state index contributed by atoms with van der Waals surface area (Å²) >= 11 is 0. The second-order valence-electron chi connectivity index (χ2n) is 7.88. The molecule has 144 valence electrons. The molecule has 2 aliphatic rings. The van der Waals surface area contributed by atoms with Crippen LogP contribution in [0.15, 0.2) is 29.2 Å². The summed E-state index contributed by atoms with van der Waals surface area (Å²) in [7, 11) is 0. The summed E-state index contributed by atoms with van der Waals surface area (Å²) in [6.07, 6.45) is 4.51. The number of carbonyl (C=O) groups is 1. The molecule has 2 saturated heterocycles. The number of nitrogens with zero attached hydrogens (tertiary/aromatic N) is 4. The maximum Gasteiger partial charge on any atom is 0.258 e. The molecule has 2 fully saturated rings. The third kappa shape index (κ3) is 3.37. The van der Waals surface area contributed by atoms with Crippen LogP contribution in [-0.4, -0.2) is 63.0 Å². The molecule has 2 aromatic rings. The first-order valence-electron chi connectivity index (χ1n) is 9.62. The van der Waals surface area contributed by atoms with Crippen molar-refractivity contribution < 1.29 is 9.90 Å². The van der Waals surface area contributed by atoms with Crippen LogP contribution >= 0.6 is 0 Å². The lowest BCUT2D eigenvalue weighted by Crippen LogP contribution is -2.50. The topological polar surface area (TPSA) is 78.2 Å². The summed E-state index contributed by atoms with van der Waals surface area (Å²) in [6, 6.07) is 5.41. The number of piperidine rings is 1. The fourth-order valence-corrected chi connectivity index (χ4v) is 4.53. The first kappa shape index (κ1) is 18.1. The molecule has 1 N–H and O–H groups in total. The molecule has 4 heterocycles. The molecule has 2 aliphatic heterocycles. The van der Waals surface area contributed by atoms with Crippen LogP contribution in [0.2, 0.25) is 0 Å². The SMILES string of the molecule is Cc1ccc2nc(CN3CC[C@]4(CCCN(CCO)C4=O)C3)cc(=O)n2c1. The minimum Gasteiger partial charge on any atom is -0.395 e. The molecule has 0 aliphatic carbocycles. The monoisotopic (exact) mass is 370 g/mol. The number of amides is 1. The lowest BCUT2D eigenvalue weighted by atomic mass is 9.78. The summed E-state index contributed by atoms with van der Waals surface area (Å²) in [5, 5.41) is 9.20. The molecule has 2 aromatic heterocycles. The highest BCUT2D eigenvalue weighted by molar-refractivity contribution is 5.84. The van der Waals surface area contributed by atoms with Gasteiger partial charge in [0.2, 0.25) is 5.91 Å². The predicted octanol–water partition coefficient (Wildman–Crippen LogP) is 0.810. The maximum absolute atomic E-state index is 12.9. The number of carbonyl (C=O) groups excluding carboxylic acids is 1. The van der Waals surface area contributed by atoms with Gasteiger partial charge in [0.1, 0.15) is 5.65 Å². The Hall–Kier alpha value is -2.25. The van der Waals surface area contributed by atoms with E-state index in [1.807, 2.05) is 19.1 Å². The molecule has 1 amide bonds. The zero-order valence-electron chi connectivity index (χ0n) is 15.7. The molecule has 0 radical (unpaired) electrons. The standard InChI is InChI=1S/C20H26N4O3/c1-15-3-4-17-21-16(11-18(26)24(17)12-15)13-22-8-6-20(14-22)5-2-7-23(9-10-25)19(20)27/h3-4,11-12,25H,2,5-10,13-14H2,1H3/t20-/m1/s1. The number of rotatable bonds is 4. The number of aryl methyl sites for hydroxylation is 1. The van der Waals surface area contributed by atoms with E-state index in [1.165, 1.54) is 0 Å². The van der Waals surface area contributed by atoms with Crippen molar-refractivity contribution in [3.05, 3.63) is 46.0 Å². The maximum atomic E-state index is 12.9. The van der Waals surface area contributed by atoms with E-state index in [-0.39, 0.29) is 23.5 Å². The van der Waals surface area contributed by atoms with E-state index in [4.69, 9.17) is 0 Å². The Morgan fingerprint density at radius 1 is 1.22 bits per heavy atom. The van der Waals surface area contributed by atoms with Crippen LogP contribution in [0.4, 0.5) is 0 Å². The van der Waals surface area contributed by atoms with E-state index in [1.54, 1.807) is 21.6 Å². The minimum atomic E-state index is -0.337. The number of aliphatic hydroxyl groups excluding tert-OH is 1. The second-order valence-corrected chi connectivity index (χ2v) is 7.88. The molecule has 27 heavy (non-hydrogen) atoms. The Kier molecular flexibility index (Phi) is 4.74. The van der Waals surface area contributed by atoms with Gasteiger partial charge in [-0.15, -0.1) is 0 Å². The lowest BCUT2D eigenvalue weighted by Gasteiger charge is -2.39. The van der Waals surface area contributed by atoms with Gasteiger partial charge in [-0.2, -0.15) is 0 Å². The van der Waals surface area contributed by atoms with E-state index in [9.17, 15) is 14.7 Å². The summed E-state index contributed by atoms with van der Waals surface area (Å²) < 4.78 is 1.57. The minimum absolute atomic E-state index is 0.00988. The Balaban J connectivity index is 1.52. The van der Waals surface area contributed by atoms with Crippen molar-refractivity contribution in [2.45, 2.75) is 32.7 Å². The van der Waals surface area contributed by atoms with E-state index in [0.29, 0.717) is 25.3 Å². The fraction of sp³-hybridized carbons (Fsp3) is 0.550. The van der Waals surface area contributed by atoms with Crippen molar-refractivity contribution in [1.82, 2.24) is 19.2 Å². The predicted molar refractivity (Wildman–Crippen MR) is 101 cm³/mol. The van der Waals surface area contributed by atoms with Crippen molar-refractivity contribution in [2.75, 3.05) is 32.8 Å². The van der Waals surface area contributed by atoms with Crippen LogP contribution in [0.25, 0.3) is 5.65 Å². The Bertz CT molecular complexity index is 923. The fourth-order valence-electron chi connectivity index (χ4n) is 4.53. The molecular formula is C20H26N4O3. The van der Waals surface area contributed by atoms with Crippen molar-refractivity contribution in [2.24, 2.45) is 5.41 Å². The molecule has 0 saturated carbocycles. The number of hydrogen-bond donors (Lipinski definition) is 1. The largest absolute Gasteiger partial charge is 0.395 e.